The lowest BCUT2D eigenvalue weighted by atomic mass is 9.89. The highest BCUT2D eigenvalue weighted by molar-refractivity contribution is 5.49. The van der Waals surface area contributed by atoms with E-state index >= 15 is 0 Å². The fraction of sp³-hybridized carbons (Fsp3) is 0.571. The highest BCUT2D eigenvalue weighted by Gasteiger charge is 2.21. The Morgan fingerprint density at radius 1 is 1.35 bits per heavy atom. The molecule has 1 aromatic carbocycles. The van der Waals surface area contributed by atoms with Gasteiger partial charge in [-0.3, -0.25) is 0 Å². The second kappa shape index (κ2) is 5.41. The van der Waals surface area contributed by atoms with E-state index in [1.165, 1.54) is 31.5 Å². The average molecular weight is 234 g/mol. The minimum absolute atomic E-state index is 0.619. The SMILES string of the molecule is CCOc1cc(N)ccc1C1CCN(C)CC1. The van der Waals surface area contributed by atoms with E-state index in [2.05, 4.69) is 18.0 Å². The maximum atomic E-state index is 5.82. The first kappa shape index (κ1) is 12.2. The summed E-state index contributed by atoms with van der Waals surface area (Å²) in [6.07, 6.45) is 2.42. The van der Waals surface area contributed by atoms with E-state index in [1.807, 2.05) is 19.1 Å². The third kappa shape index (κ3) is 2.91. The Hall–Kier alpha value is -1.22. The summed E-state index contributed by atoms with van der Waals surface area (Å²) >= 11 is 0. The van der Waals surface area contributed by atoms with E-state index in [0.717, 1.165) is 11.4 Å². The maximum absolute atomic E-state index is 5.82. The molecule has 3 nitrogen and oxygen atoms in total. The van der Waals surface area contributed by atoms with Gasteiger partial charge in [-0.1, -0.05) is 6.07 Å². The van der Waals surface area contributed by atoms with Crippen LogP contribution in [-0.2, 0) is 0 Å². The van der Waals surface area contributed by atoms with Crippen molar-refractivity contribution in [2.75, 3.05) is 32.5 Å². The fourth-order valence-electron chi connectivity index (χ4n) is 2.49. The summed E-state index contributed by atoms with van der Waals surface area (Å²) in [4.78, 5) is 2.38. The molecule has 1 aliphatic heterocycles. The van der Waals surface area contributed by atoms with E-state index < -0.39 is 0 Å². The van der Waals surface area contributed by atoms with E-state index in [9.17, 15) is 0 Å². The molecule has 94 valence electrons. The molecule has 1 aliphatic rings. The molecule has 2 N–H and O–H groups in total. The number of anilines is 1. The quantitative estimate of drug-likeness (QED) is 0.817. The number of ether oxygens (including phenoxy) is 1. The highest BCUT2D eigenvalue weighted by Crippen LogP contribution is 2.35. The van der Waals surface area contributed by atoms with Crippen LogP contribution in [0.2, 0.25) is 0 Å². The molecule has 0 saturated carbocycles. The number of nitrogen functional groups attached to an aromatic ring is 1. The number of benzene rings is 1. The van der Waals surface area contributed by atoms with E-state index in [-0.39, 0.29) is 0 Å². The molecule has 0 bridgehead atoms. The zero-order valence-corrected chi connectivity index (χ0v) is 10.8. The Kier molecular flexibility index (Phi) is 3.89. The second-order valence-corrected chi connectivity index (χ2v) is 4.81. The predicted octanol–water partition coefficient (Wildman–Crippen LogP) is 2.48. The lowest BCUT2D eigenvalue weighted by Crippen LogP contribution is -2.29. The van der Waals surface area contributed by atoms with Crippen molar-refractivity contribution in [3.63, 3.8) is 0 Å². The number of piperidine rings is 1. The Labute approximate surface area is 104 Å². The van der Waals surface area contributed by atoms with Crippen molar-refractivity contribution in [3.8, 4) is 5.75 Å². The van der Waals surface area contributed by atoms with Gasteiger partial charge >= 0.3 is 0 Å². The number of likely N-dealkylation sites (tertiary alicyclic amines) is 1. The first-order valence-electron chi connectivity index (χ1n) is 6.41. The molecule has 3 heteroatoms. The standard InChI is InChI=1S/C14H22N2O/c1-3-17-14-10-12(15)4-5-13(14)11-6-8-16(2)9-7-11/h4-5,10-11H,3,6-9,15H2,1-2H3. The Bertz CT molecular complexity index is 370. The summed E-state index contributed by atoms with van der Waals surface area (Å²) in [7, 11) is 2.18. The van der Waals surface area contributed by atoms with Crippen LogP contribution < -0.4 is 10.5 Å². The van der Waals surface area contributed by atoms with Gasteiger partial charge in [0.15, 0.2) is 0 Å². The summed E-state index contributed by atoms with van der Waals surface area (Å²) in [5, 5.41) is 0. The van der Waals surface area contributed by atoms with Crippen LogP contribution in [0.25, 0.3) is 0 Å². The molecule has 0 spiro atoms. The minimum Gasteiger partial charge on any atom is -0.494 e. The van der Waals surface area contributed by atoms with Crippen molar-refractivity contribution in [1.29, 1.82) is 0 Å². The summed E-state index contributed by atoms with van der Waals surface area (Å²) in [6.45, 7) is 5.05. The van der Waals surface area contributed by atoms with Crippen LogP contribution in [-0.4, -0.2) is 31.6 Å². The number of nitrogens with zero attached hydrogens (tertiary/aromatic N) is 1. The van der Waals surface area contributed by atoms with E-state index in [1.54, 1.807) is 0 Å². The number of rotatable bonds is 3. The van der Waals surface area contributed by atoms with Gasteiger partial charge in [-0.15, -0.1) is 0 Å². The molecule has 1 aromatic rings. The van der Waals surface area contributed by atoms with Crippen molar-refractivity contribution >= 4 is 5.69 Å². The normalized spacial score (nSPS) is 18.2. The molecule has 1 saturated heterocycles. The average Bonchev–Trinajstić information content (AvgIpc) is 2.31. The molecule has 2 rings (SSSR count). The lowest BCUT2D eigenvalue weighted by molar-refractivity contribution is 0.250. The van der Waals surface area contributed by atoms with Crippen LogP contribution in [0.1, 0.15) is 31.2 Å². The number of nitrogens with two attached hydrogens (primary N) is 1. The summed E-state index contributed by atoms with van der Waals surface area (Å²) in [6, 6.07) is 6.07. The Morgan fingerprint density at radius 2 is 2.06 bits per heavy atom. The van der Waals surface area contributed by atoms with Gasteiger partial charge in [0.05, 0.1) is 6.61 Å². The van der Waals surface area contributed by atoms with Gasteiger partial charge < -0.3 is 15.4 Å². The van der Waals surface area contributed by atoms with Gasteiger partial charge in [0, 0.05) is 11.8 Å². The molecular formula is C14H22N2O. The Balaban J connectivity index is 2.18. The molecule has 0 aliphatic carbocycles. The molecule has 1 fully saturated rings. The van der Waals surface area contributed by atoms with Crippen LogP contribution in [0.15, 0.2) is 18.2 Å². The molecule has 0 amide bonds. The van der Waals surface area contributed by atoms with Crippen molar-refractivity contribution < 1.29 is 4.74 Å². The smallest absolute Gasteiger partial charge is 0.124 e. The maximum Gasteiger partial charge on any atom is 0.124 e. The first-order valence-corrected chi connectivity index (χ1v) is 6.41. The minimum atomic E-state index is 0.619. The first-order chi connectivity index (χ1) is 8.20. The zero-order valence-electron chi connectivity index (χ0n) is 10.8. The van der Waals surface area contributed by atoms with Gasteiger partial charge in [-0.2, -0.15) is 0 Å². The molecular weight excluding hydrogens is 212 g/mol. The predicted molar refractivity (Wildman–Crippen MR) is 71.5 cm³/mol. The van der Waals surface area contributed by atoms with Crippen molar-refractivity contribution in [2.24, 2.45) is 0 Å². The van der Waals surface area contributed by atoms with Crippen LogP contribution in [0.5, 0.6) is 5.75 Å². The van der Waals surface area contributed by atoms with Gasteiger partial charge in [0.1, 0.15) is 5.75 Å². The topological polar surface area (TPSA) is 38.5 Å². The summed E-state index contributed by atoms with van der Waals surface area (Å²) in [5.41, 5.74) is 7.93. The molecule has 1 heterocycles. The van der Waals surface area contributed by atoms with E-state index in [0.29, 0.717) is 12.5 Å². The van der Waals surface area contributed by atoms with Crippen molar-refractivity contribution in [3.05, 3.63) is 23.8 Å². The number of hydrogen-bond acceptors (Lipinski definition) is 3. The molecule has 0 unspecified atom stereocenters. The van der Waals surface area contributed by atoms with Crippen LogP contribution in [0.4, 0.5) is 5.69 Å². The number of hydrogen-bond donors (Lipinski definition) is 1. The Morgan fingerprint density at radius 3 is 2.71 bits per heavy atom. The van der Waals surface area contributed by atoms with Crippen LogP contribution >= 0.6 is 0 Å². The van der Waals surface area contributed by atoms with Crippen molar-refractivity contribution in [1.82, 2.24) is 4.90 Å². The monoisotopic (exact) mass is 234 g/mol. The molecule has 0 radical (unpaired) electrons. The van der Waals surface area contributed by atoms with Crippen LogP contribution in [0, 0.1) is 0 Å². The highest BCUT2D eigenvalue weighted by atomic mass is 16.5. The second-order valence-electron chi connectivity index (χ2n) is 4.81. The third-order valence-corrected chi connectivity index (χ3v) is 3.50. The molecule has 0 atom stereocenters. The molecule has 0 aromatic heterocycles. The zero-order chi connectivity index (χ0) is 12.3. The third-order valence-electron chi connectivity index (χ3n) is 3.50. The fourth-order valence-corrected chi connectivity index (χ4v) is 2.49. The largest absolute Gasteiger partial charge is 0.494 e. The van der Waals surface area contributed by atoms with Gasteiger partial charge in [0.2, 0.25) is 0 Å². The van der Waals surface area contributed by atoms with Crippen molar-refractivity contribution in [2.45, 2.75) is 25.7 Å². The van der Waals surface area contributed by atoms with E-state index in [4.69, 9.17) is 10.5 Å². The van der Waals surface area contributed by atoms with Crippen LogP contribution in [0.3, 0.4) is 0 Å². The summed E-state index contributed by atoms with van der Waals surface area (Å²) < 4.78 is 5.70. The van der Waals surface area contributed by atoms with Gasteiger partial charge in [0.25, 0.3) is 0 Å². The van der Waals surface area contributed by atoms with Gasteiger partial charge in [-0.25, -0.2) is 0 Å². The summed E-state index contributed by atoms with van der Waals surface area (Å²) in [5.74, 6) is 1.59. The lowest BCUT2D eigenvalue weighted by Gasteiger charge is -2.30. The van der Waals surface area contributed by atoms with Gasteiger partial charge in [-0.05, 0) is 57.5 Å². The molecule has 17 heavy (non-hydrogen) atoms.